The molecule has 220 valence electrons. The third-order valence-electron chi connectivity index (χ3n) is 7.13. The van der Waals surface area contributed by atoms with E-state index >= 15 is 0 Å². The molecule has 1 saturated heterocycles. The number of nitrogens with one attached hydrogen (secondary N) is 2. The molecule has 1 aliphatic rings. The number of benzene rings is 2. The summed E-state index contributed by atoms with van der Waals surface area (Å²) in [6.45, 7) is 11.9. The van der Waals surface area contributed by atoms with Gasteiger partial charge in [0.05, 0.1) is 39.6 Å². The Hall–Kier alpha value is -2.82. The van der Waals surface area contributed by atoms with E-state index in [1.54, 1.807) is 12.1 Å². The number of hydrogen-bond acceptors (Lipinski definition) is 7. The number of likely N-dealkylation sites (N-methyl/N-ethyl adjacent to an activating group) is 1. The third kappa shape index (κ3) is 10.3. The van der Waals surface area contributed by atoms with Gasteiger partial charge in [-0.25, -0.2) is 4.39 Å². The van der Waals surface area contributed by atoms with Crippen LogP contribution in [-0.4, -0.2) is 102 Å². The molecule has 8 nitrogen and oxygen atoms in total. The van der Waals surface area contributed by atoms with Gasteiger partial charge in [-0.15, -0.1) is 0 Å². The molecular formula is C31H45FN4O4. The van der Waals surface area contributed by atoms with Crippen LogP contribution < -0.4 is 10.6 Å². The second-order valence-corrected chi connectivity index (χ2v) is 10.3. The molecule has 1 amide bonds. The molecule has 0 saturated carbocycles. The number of nitrogens with zero attached hydrogens (tertiary/aromatic N) is 2. The van der Waals surface area contributed by atoms with Crippen molar-refractivity contribution in [2.75, 3.05) is 85.2 Å². The van der Waals surface area contributed by atoms with Gasteiger partial charge in [0.2, 0.25) is 5.91 Å². The standard InChI is InChI=1S/C31H45FN4O4/c1-5-31(37)34-13-15-39-17-19-40-18-16-38-14-12-33-26-10-7-9-25(20-26)28-22-36(23-30(28)35(3)4)21-27-24(2)8-6-11-29(27)32/h5-11,20,28,30,33H,1,12-19,21-23H2,2-4H3,(H,34,37)/t28-,30+/m1/s1. The maximum absolute atomic E-state index is 14.5. The Morgan fingerprint density at radius 3 is 2.38 bits per heavy atom. The fraction of sp³-hybridized carbons (Fsp3) is 0.516. The predicted octanol–water partition coefficient (Wildman–Crippen LogP) is 3.43. The van der Waals surface area contributed by atoms with Crippen molar-refractivity contribution in [1.29, 1.82) is 0 Å². The molecule has 2 N–H and O–H groups in total. The molecule has 1 heterocycles. The molecular weight excluding hydrogens is 511 g/mol. The van der Waals surface area contributed by atoms with Crippen molar-refractivity contribution in [2.24, 2.45) is 0 Å². The Kier molecular flexibility index (Phi) is 13.5. The average Bonchev–Trinajstić information content (AvgIpc) is 3.38. The minimum Gasteiger partial charge on any atom is -0.383 e. The van der Waals surface area contributed by atoms with Crippen LogP contribution in [0.25, 0.3) is 0 Å². The van der Waals surface area contributed by atoms with Gasteiger partial charge in [-0.3, -0.25) is 9.69 Å². The number of carbonyl (C=O) groups excluding carboxylic acids is 1. The SMILES string of the molecule is C=CC(=O)NCCOCCOCCOCCNc1cccc([C@H]2CN(Cc3c(C)cccc3F)C[C@@H]2N(C)C)c1. The summed E-state index contributed by atoms with van der Waals surface area (Å²) >= 11 is 0. The topological polar surface area (TPSA) is 75.3 Å². The number of aryl methyl sites for hydroxylation is 1. The molecule has 1 fully saturated rings. The second-order valence-electron chi connectivity index (χ2n) is 10.3. The quantitative estimate of drug-likeness (QED) is 0.215. The lowest BCUT2D eigenvalue weighted by molar-refractivity contribution is -0.116. The zero-order valence-corrected chi connectivity index (χ0v) is 24.2. The molecule has 40 heavy (non-hydrogen) atoms. The highest BCUT2D eigenvalue weighted by molar-refractivity contribution is 5.86. The minimum atomic E-state index is -0.203. The maximum atomic E-state index is 14.5. The molecule has 3 rings (SSSR count). The molecule has 0 aliphatic carbocycles. The predicted molar refractivity (Wildman–Crippen MR) is 157 cm³/mol. The number of likely N-dealkylation sites (tertiary alicyclic amines) is 1. The van der Waals surface area contributed by atoms with E-state index in [2.05, 4.69) is 65.4 Å². The molecule has 0 radical (unpaired) electrons. The first kappa shape index (κ1) is 31.7. The third-order valence-corrected chi connectivity index (χ3v) is 7.13. The largest absolute Gasteiger partial charge is 0.383 e. The van der Waals surface area contributed by atoms with Crippen LogP contribution in [-0.2, 0) is 25.5 Å². The van der Waals surface area contributed by atoms with Crippen molar-refractivity contribution in [1.82, 2.24) is 15.1 Å². The van der Waals surface area contributed by atoms with Gasteiger partial charge in [0.15, 0.2) is 0 Å². The zero-order valence-electron chi connectivity index (χ0n) is 24.2. The van der Waals surface area contributed by atoms with E-state index in [4.69, 9.17) is 14.2 Å². The van der Waals surface area contributed by atoms with Crippen LogP contribution in [0.3, 0.4) is 0 Å². The fourth-order valence-electron chi connectivity index (χ4n) is 4.94. The highest BCUT2D eigenvalue weighted by Gasteiger charge is 2.35. The Morgan fingerprint density at radius 1 is 1.02 bits per heavy atom. The molecule has 1 aliphatic heterocycles. The van der Waals surface area contributed by atoms with Crippen molar-refractivity contribution >= 4 is 11.6 Å². The van der Waals surface area contributed by atoms with Gasteiger partial charge in [-0.2, -0.15) is 0 Å². The minimum absolute atomic E-state index is 0.123. The number of hydrogen-bond donors (Lipinski definition) is 2. The smallest absolute Gasteiger partial charge is 0.243 e. The summed E-state index contributed by atoms with van der Waals surface area (Å²) in [5.41, 5.74) is 4.15. The number of carbonyl (C=O) groups is 1. The van der Waals surface area contributed by atoms with E-state index in [9.17, 15) is 9.18 Å². The van der Waals surface area contributed by atoms with Crippen LogP contribution in [0, 0.1) is 12.7 Å². The molecule has 0 bridgehead atoms. The number of rotatable bonds is 18. The van der Waals surface area contributed by atoms with Crippen LogP contribution >= 0.6 is 0 Å². The summed E-state index contributed by atoms with van der Waals surface area (Å²) in [6.07, 6.45) is 1.23. The first-order chi connectivity index (χ1) is 19.4. The van der Waals surface area contributed by atoms with Crippen LogP contribution in [0.4, 0.5) is 10.1 Å². The van der Waals surface area contributed by atoms with Crippen LogP contribution in [0.2, 0.25) is 0 Å². The molecule has 2 atom stereocenters. The number of ether oxygens (including phenoxy) is 3. The summed E-state index contributed by atoms with van der Waals surface area (Å²) in [6, 6.07) is 14.3. The van der Waals surface area contributed by atoms with Gasteiger partial charge in [0, 0.05) is 55.9 Å². The highest BCUT2D eigenvalue weighted by atomic mass is 19.1. The summed E-state index contributed by atoms with van der Waals surface area (Å²) < 4.78 is 31.1. The van der Waals surface area contributed by atoms with E-state index in [0.717, 1.165) is 29.9 Å². The number of amides is 1. The molecule has 2 aromatic carbocycles. The van der Waals surface area contributed by atoms with Gasteiger partial charge in [0.1, 0.15) is 5.82 Å². The van der Waals surface area contributed by atoms with Crippen LogP contribution in [0.1, 0.15) is 22.6 Å². The van der Waals surface area contributed by atoms with E-state index in [1.807, 2.05) is 13.0 Å². The Balaban J connectivity index is 1.35. The zero-order chi connectivity index (χ0) is 28.7. The van der Waals surface area contributed by atoms with Gasteiger partial charge < -0.3 is 29.7 Å². The van der Waals surface area contributed by atoms with Crippen molar-refractivity contribution < 1.29 is 23.4 Å². The Labute approximate surface area is 238 Å². The summed E-state index contributed by atoms with van der Waals surface area (Å²) in [4.78, 5) is 15.7. The van der Waals surface area contributed by atoms with E-state index in [0.29, 0.717) is 71.2 Å². The van der Waals surface area contributed by atoms with Crippen LogP contribution in [0.15, 0.2) is 55.1 Å². The first-order valence-electron chi connectivity index (χ1n) is 14.0. The molecule has 9 heteroatoms. The monoisotopic (exact) mass is 556 g/mol. The summed E-state index contributed by atoms with van der Waals surface area (Å²) in [7, 11) is 4.25. The Morgan fingerprint density at radius 2 is 1.70 bits per heavy atom. The van der Waals surface area contributed by atoms with E-state index < -0.39 is 0 Å². The van der Waals surface area contributed by atoms with E-state index in [-0.39, 0.29) is 11.7 Å². The van der Waals surface area contributed by atoms with Crippen molar-refractivity contribution in [3.8, 4) is 0 Å². The lowest BCUT2D eigenvalue weighted by Crippen LogP contribution is -2.34. The van der Waals surface area contributed by atoms with Crippen molar-refractivity contribution in [3.05, 3.63) is 77.6 Å². The lowest BCUT2D eigenvalue weighted by Gasteiger charge is -2.26. The Bertz CT molecular complexity index is 1050. The average molecular weight is 557 g/mol. The fourth-order valence-corrected chi connectivity index (χ4v) is 4.94. The van der Waals surface area contributed by atoms with Crippen molar-refractivity contribution in [2.45, 2.75) is 25.4 Å². The van der Waals surface area contributed by atoms with Gasteiger partial charge >= 0.3 is 0 Å². The van der Waals surface area contributed by atoms with E-state index in [1.165, 1.54) is 11.6 Å². The number of anilines is 1. The van der Waals surface area contributed by atoms with Gasteiger partial charge in [0.25, 0.3) is 0 Å². The normalized spacial score (nSPS) is 17.3. The van der Waals surface area contributed by atoms with Gasteiger partial charge in [-0.05, 0) is 56.4 Å². The highest BCUT2D eigenvalue weighted by Crippen LogP contribution is 2.33. The summed E-state index contributed by atoms with van der Waals surface area (Å²) in [5, 5.41) is 6.11. The summed E-state index contributed by atoms with van der Waals surface area (Å²) in [5.74, 6) is 0.0135. The molecule has 0 aromatic heterocycles. The maximum Gasteiger partial charge on any atom is 0.243 e. The second kappa shape index (κ2) is 17.1. The van der Waals surface area contributed by atoms with Gasteiger partial charge in [-0.1, -0.05) is 30.8 Å². The van der Waals surface area contributed by atoms with Crippen molar-refractivity contribution in [3.63, 3.8) is 0 Å². The molecule has 2 aromatic rings. The number of halogens is 1. The molecule has 0 spiro atoms. The lowest BCUT2D eigenvalue weighted by atomic mass is 9.93. The first-order valence-corrected chi connectivity index (χ1v) is 14.0. The molecule has 0 unspecified atom stereocenters. The van der Waals surface area contributed by atoms with Crippen LogP contribution in [0.5, 0.6) is 0 Å².